The number of hydrogen-bond donors (Lipinski definition) is 0. The molecule has 1 atom stereocenters. The maximum Gasteiger partial charge on any atom is 0.185 e. The highest BCUT2D eigenvalue weighted by atomic mass is 79.9. The molecule has 0 aliphatic rings. The highest BCUT2D eigenvalue weighted by molar-refractivity contribution is 9.10. The number of carbonyl (C=O) groups is 1. The van der Waals surface area contributed by atoms with E-state index in [9.17, 15) is 10.1 Å². The highest BCUT2D eigenvalue weighted by Crippen LogP contribution is 2.26. The van der Waals surface area contributed by atoms with Crippen molar-refractivity contribution in [3.8, 4) is 6.07 Å². The van der Waals surface area contributed by atoms with Gasteiger partial charge in [0.1, 0.15) is 5.92 Å². The van der Waals surface area contributed by atoms with Crippen molar-refractivity contribution in [2.24, 2.45) is 0 Å². The molecule has 1 unspecified atom stereocenters. The van der Waals surface area contributed by atoms with Gasteiger partial charge in [-0.1, -0.05) is 28.1 Å². The van der Waals surface area contributed by atoms with Crippen LogP contribution in [0.5, 0.6) is 0 Å². The minimum Gasteiger partial charge on any atom is -0.292 e. The van der Waals surface area contributed by atoms with Gasteiger partial charge in [0.2, 0.25) is 0 Å². The summed E-state index contributed by atoms with van der Waals surface area (Å²) in [5, 5.41) is 11.1. The Morgan fingerprint density at radius 2 is 2.22 bits per heavy atom. The van der Waals surface area contributed by atoms with Crippen LogP contribution in [-0.2, 0) is 0 Å². The van der Waals surface area contributed by atoms with Crippen LogP contribution < -0.4 is 0 Å². The zero-order valence-corrected chi connectivity index (χ0v) is 12.1. The number of benzene rings is 1. The number of hydrogen-bond acceptors (Lipinski definition) is 3. The fraction of sp³-hybridized carbons (Fsp3) is 0.143. The Hall–Kier alpha value is -1.44. The number of nitriles is 1. The van der Waals surface area contributed by atoms with E-state index in [4.69, 9.17) is 0 Å². The summed E-state index contributed by atoms with van der Waals surface area (Å²) in [5.74, 6) is -0.846. The van der Waals surface area contributed by atoms with Crippen LogP contribution in [0, 0.1) is 18.3 Å². The topological polar surface area (TPSA) is 40.9 Å². The molecule has 4 heteroatoms. The van der Waals surface area contributed by atoms with Gasteiger partial charge in [-0.05, 0) is 36.1 Å². The number of ketones is 1. The zero-order valence-electron chi connectivity index (χ0n) is 9.68. The molecule has 2 aromatic rings. The Morgan fingerprint density at radius 1 is 1.44 bits per heavy atom. The lowest BCUT2D eigenvalue weighted by molar-refractivity contribution is 0.0980. The lowest BCUT2D eigenvalue weighted by atomic mass is 9.96. The van der Waals surface area contributed by atoms with Crippen molar-refractivity contribution >= 4 is 33.0 Å². The first kappa shape index (κ1) is 13.0. The first-order valence-electron chi connectivity index (χ1n) is 5.37. The molecular formula is C14H10BrNOS. The van der Waals surface area contributed by atoms with Crippen LogP contribution in [0.2, 0.25) is 0 Å². The molecule has 2 rings (SSSR count). The SMILES string of the molecule is Cc1cc(C(=O)C(C#N)c2cccs2)ccc1Br. The summed E-state index contributed by atoms with van der Waals surface area (Å²) in [7, 11) is 0. The van der Waals surface area contributed by atoms with Gasteiger partial charge in [0.15, 0.2) is 5.78 Å². The van der Waals surface area contributed by atoms with E-state index in [2.05, 4.69) is 22.0 Å². The second-order valence-corrected chi connectivity index (χ2v) is 5.74. The van der Waals surface area contributed by atoms with E-state index in [1.165, 1.54) is 11.3 Å². The standard InChI is InChI=1S/C14H10BrNOS/c1-9-7-10(4-5-12(9)15)14(17)11(8-16)13-3-2-6-18-13/h2-7,11H,1H3. The second-order valence-electron chi connectivity index (χ2n) is 3.91. The van der Waals surface area contributed by atoms with E-state index in [0.29, 0.717) is 5.56 Å². The third-order valence-corrected chi connectivity index (χ3v) is 4.49. The Morgan fingerprint density at radius 3 is 2.78 bits per heavy atom. The predicted molar refractivity (Wildman–Crippen MR) is 75.9 cm³/mol. The number of Topliss-reactive ketones (excluding diaryl/α,β-unsaturated/α-hetero) is 1. The first-order valence-corrected chi connectivity index (χ1v) is 7.04. The van der Waals surface area contributed by atoms with E-state index in [1.54, 1.807) is 6.07 Å². The largest absolute Gasteiger partial charge is 0.292 e. The fourth-order valence-corrected chi connectivity index (χ4v) is 2.69. The first-order chi connectivity index (χ1) is 8.63. The molecule has 1 heterocycles. The van der Waals surface area contributed by atoms with Gasteiger partial charge in [0.25, 0.3) is 0 Å². The minimum atomic E-state index is -0.703. The summed E-state index contributed by atoms with van der Waals surface area (Å²) >= 11 is 4.83. The van der Waals surface area contributed by atoms with Crippen molar-refractivity contribution in [3.05, 3.63) is 56.2 Å². The molecule has 1 aromatic heterocycles. The van der Waals surface area contributed by atoms with Crippen molar-refractivity contribution in [3.63, 3.8) is 0 Å². The van der Waals surface area contributed by atoms with E-state index >= 15 is 0 Å². The Balaban J connectivity index is 2.36. The van der Waals surface area contributed by atoms with Crippen molar-refractivity contribution in [1.29, 1.82) is 5.26 Å². The summed E-state index contributed by atoms with van der Waals surface area (Å²) in [4.78, 5) is 13.1. The van der Waals surface area contributed by atoms with Crippen LogP contribution >= 0.6 is 27.3 Å². The van der Waals surface area contributed by atoms with Crippen LogP contribution in [-0.4, -0.2) is 5.78 Å². The van der Waals surface area contributed by atoms with Gasteiger partial charge < -0.3 is 0 Å². The Labute approximate surface area is 118 Å². The van der Waals surface area contributed by atoms with Gasteiger partial charge in [-0.25, -0.2) is 0 Å². The molecule has 2 nitrogen and oxygen atoms in total. The summed E-state index contributed by atoms with van der Waals surface area (Å²) in [5.41, 5.74) is 1.57. The molecule has 0 saturated heterocycles. The quantitative estimate of drug-likeness (QED) is 0.791. The van der Waals surface area contributed by atoms with Gasteiger partial charge in [0.05, 0.1) is 6.07 Å². The number of nitrogens with zero attached hydrogens (tertiary/aromatic N) is 1. The van der Waals surface area contributed by atoms with Gasteiger partial charge in [0, 0.05) is 14.9 Å². The molecule has 0 amide bonds. The van der Waals surface area contributed by atoms with E-state index < -0.39 is 5.92 Å². The van der Waals surface area contributed by atoms with Crippen molar-refractivity contribution in [1.82, 2.24) is 0 Å². The molecule has 90 valence electrons. The number of aryl methyl sites for hydroxylation is 1. The third-order valence-electron chi connectivity index (χ3n) is 2.66. The summed E-state index contributed by atoms with van der Waals surface area (Å²) in [6.45, 7) is 1.92. The fourth-order valence-electron chi connectivity index (χ4n) is 1.67. The monoisotopic (exact) mass is 319 g/mol. The van der Waals surface area contributed by atoms with Gasteiger partial charge >= 0.3 is 0 Å². The zero-order chi connectivity index (χ0) is 13.1. The molecule has 0 aliphatic carbocycles. The smallest absolute Gasteiger partial charge is 0.185 e. The molecule has 0 spiro atoms. The summed E-state index contributed by atoms with van der Waals surface area (Å²) in [6.07, 6.45) is 0. The average Bonchev–Trinajstić information content (AvgIpc) is 2.87. The average molecular weight is 320 g/mol. The van der Waals surface area contributed by atoms with Gasteiger partial charge in [-0.3, -0.25) is 4.79 Å². The molecule has 0 saturated carbocycles. The summed E-state index contributed by atoms with van der Waals surface area (Å²) < 4.78 is 0.962. The predicted octanol–water partition coefficient (Wildman–Crippen LogP) is 4.31. The third kappa shape index (κ3) is 2.53. The lowest BCUT2D eigenvalue weighted by Crippen LogP contribution is -2.10. The number of carbonyl (C=O) groups excluding carboxylic acids is 1. The molecule has 18 heavy (non-hydrogen) atoms. The number of rotatable bonds is 3. The van der Waals surface area contributed by atoms with Gasteiger partial charge in [-0.2, -0.15) is 5.26 Å². The second kappa shape index (κ2) is 5.47. The Bertz CT molecular complexity index is 613. The normalized spacial score (nSPS) is 11.8. The van der Waals surface area contributed by atoms with Gasteiger partial charge in [-0.15, -0.1) is 11.3 Å². The molecule has 0 aliphatic heterocycles. The maximum atomic E-state index is 12.3. The maximum absolute atomic E-state index is 12.3. The van der Waals surface area contributed by atoms with Crippen molar-refractivity contribution in [2.45, 2.75) is 12.8 Å². The molecule has 0 radical (unpaired) electrons. The molecular weight excluding hydrogens is 310 g/mol. The molecule has 0 N–H and O–H groups in total. The highest BCUT2D eigenvalue weighted by Gasteiger charge is 2.22. The van der Waals surface area contributed by atoms with Crippen LogP contribution in [0.3, 0.4) is 0 Å². The molecule has 0 fully saturated rings. The van der Waals surface area contributed by atoms with E-state index in [-0.39, 0.29) is 5.78 Å². The van der Waals surface area contributed by atoms with Crippen molar-refractivity contribution < 1.29 is 4.79 Å². The summed E-state index contributed by atoms with van der Waals surface area (Å²) in [6, 6.07) is 11.2. The minimum absolute atomic E-state index is 0.143. The molecule has 1 aromatic carbocycles. The van der Waals surface area contributed by atoms with Crippen LogP contribution in [0.25, 0.3) is 0 Å². The van der Waals surface area contributed by atoms with E-state index in [1.807, 2.05) is 36.6 Å². The lowest BCUT2D eigenvalue weighted by Gasteiger charge is -2.07. The number of thiophene rings is 1. The molecule has 0 bridgehead atoms. The number of halogens is 1. The van der Waals surface area contributed by atoms with Crippen LogP contribution in [0.4, 0.5) is 0 Å². The van der Waals surface area contributed by atoms with Crippen LogP contribution in [0.15, 0.2) is 40.2 Å². The van der Waals surface area contributed by atoms with Crippen molar-refractivity contribution in [2.75, 3.05) is 0 Å². The van der Waals surface area contributed by atoms with Crippen LogP contribution in [0.1, 0.15) is 26.7 Å². The Kier molecular flexibility index (Phi) is 3.95. The van der Waals surface area contributed by atoms with E-state index in [0.717, 1.165) is 14.9 Å².